The smallest absolute Gasteiger partial charge is 0.326 e. The van der Waals surface area contributed by atoms with Crippen LogP contribution in [0.2, 0.25) is 5.02 Å². The zero-order valence-corrected chi connectivity index (χ0v) is 13.8. The van der Waals surface area contributed by atoms with E-state index in [1.165, 1.54) is 0 Å². The Morgan fingerprint density at radius 3 is 2.75 bits per heavy atom. The van der Waals surface area contributed by atoms with Crippen LogP contribution in [0.25, 0.3) is 0 Å². The van der Waals surface area contributed by atoms with E-state index in [-0.39, 0.29) is 5.92 Å². The molecule has 1 heterocycles. The standard InChI is InChI=1S/C16H19ClN2O5/c17-11-7-9(8-12-14(11)24-6-5-23-12)3-4-18-16(22)19-13(15(20)21)10-1-2-10/h7-8,10,13H,1-6H2,(H,20,21)(H2,18,19,22). The van der Waals surface area contributed by atoms with Gasteiger partial charge in [0, 0.05) is 6.54 Å². The summed E-state index contributed by atoms with van der Waals surface area (Å²) in [5.74, 6) is 0.204. The molecule has 0 spiro atoms. The zero-order chi connectivity index (χ0) is 17.1. The molecule has 3 rings (SSSR count). The van der Waals surface area contributed by atoms with Gasteiger partial charge in [-0.2, -0.15) is 0 Å². The topological polar surface area (TPSA) is 96.9 Å². The molecule has 1 fully saturated rings. The third-order valence-corrected chi connectivity index (χ3v) is 4.28. The summed E-state index contributed by atoms with van der Waals surface area (Å²) < 4.78 is 11.0. The van der Waals surface area contributed by atoms with E-state index in [0.717, 1.165) is 18.4 Å². The van der Waals surface area contributed by atoms with Gasteiger partial charge in [-0.1, -0.05) is 11.6 Å². The van der Waals surface area contributed by atoms with Gasteiger partial charge >= 0.3 is 12.0 Å². The van der Waals surface area contributed by atoms with E-state index in [1.807, 2.05) is 6.07 Å². The second-order valence-electron chi connectivity index (χ2n) is 5.91. The fourth-order valence-corrected chi connectivity index (χ4v) is 2.92. The second-order valence-corrected chi connectivity index (χ2v) is 6.31. The van der Waals surface area contributed by atoms with Gasteiger partial charge in [0.1, 0.15) is 19.3 Å². The number of carboxylic acids is 1. The lowest BCUT2D eigenvalue weighted by atomic mass is 10.1. The van der Waals surface area contributed by atoms with E-state index < -0.39 is 18.0 Å². The lowest BCUT2D eigenvalue weighted by Gasteiger charge is -2.20. The average molecular weight is 355 g/mol. The van der Waals surface area contributed by atoms with E-state index in [9.17, 15) is 9.59 Å². The van der Waals surface area contributed by atoms with Crippen LogP contribution in [0.5, 0.6) is 11.5 Å². The average Bonchev–Trinajstić information content (AvgIpc) is 3.37. The summed E-state index contributed by atoms with van der Waals surface area (Å²) in [5.41, 5.74) is 0.904. The Morgan fingerprint density at radius 2 is 2.04 bits per heavy atom. The van der Waals surface area contributed by atoms with Gasteiger partial charge in [-0.3, -0.25) is 0 Å². The number of nitrogens with one attached hydrogen (secondary N) is 2. The Labute approximate surface area is 144 Å². The fraction of sp³-hybridized carbons (Fsp3) is 0.500. The number of hydrogen-bond donors (Lipinski definition) is 3. The molecule has 1 aromatic carbocycles. The maximum absolute atomic E-state index is 11.8. The fourth-order valence-electron chi connectivity index (χ4n) is 2.63. The summed E-state index contributed by atoms with van der Waals surface area (Å²) in [5, 5.41) is 14.8. The zero-order valence-electron chi connectivity index (χ0n) is 13.0. The Bertz CT molecular complexity index is 648. The van der Waals surface area contributed by atoms with Crippen LogP contribution < -0.4 is 20.1 Å². The minimum absolute atomic E-state index is 0.0462. The van der Waals surface area contributed by atoms with E-state index >= 15 is 0 Å². The van der Waals surface area contributed by atoms with Crippen molar-refractivity contribution in [1.82, 2.24) is 10.6 Å². The molecule has 0 saturated heterocycles. The Morgan fingerprint density at radius 1 is 1.29 bits per heavy atom. The predicted octanol–water partition coefficient (Wildman–Crippen LogP) is 1.82. The molecule has 0 aromatic heterocycles. The molecular formula is C16H19ClN2O5. The highest BCUT2D eigenvalue weighted by atomic mass is 35.5. The van der Waals surface area contributed by atoms with Crippen molar-refractivity contribution in [2.75, 3.05) is 19.8 Å². The number of rotatable bonds is 6. The minimum Gasteiger partial charge on any atom is -0.486 e. The van der Waals surface area contributed by atoms with Gasteiger partial charge in [0.15, 0.2) is 11.5 Å². The first-order valence-electron chi connectivity index (χ1n) is 7.90. The van der Waals surface area contributed by atoms with Crippen molar-refractivity contribution >= 4 is 23.6 Å². The van der Waals surface area contributed by atoms with Gasteiger partial charge in [-0.05, 0) is 42.9 Å². The SMILES string of the molecule is O=C(NCCc1cc(Cl)c2c(c1)OCCO2)NC(C(=O)O)C1CC1. The molecule has 1 saturated carbocycles. The van der Waals surface area contributed by atoms with Crippen LogP contribution in [0.3, 0.4) is 0 Å². The number of aliphatic carboxylic acids is 1. The van der Waals surface area contributed by atoms with Crippen molar-refractivity contribution in [3.05, 3.63) is 22.7 Å². The first-order chi connectivity index (χ1) is 11.5. The van der Waals surface area contributed by atoms with Gasteiger partial charge < -0.3 is 25.2 Å². The van der Waals surface area contributed by atoms with Crippen molar-refractivity contribution in [2.24, 2.45) is 5.92 Å². The third kappa shape index (κ3) is 4.03. The van der Waals surface area contributed by atoms with Crippen LogP contribution in [-0.2, 0) is 11.2 Å². The van der Waals surface area contributed by atoms with E-state index in [2.05, 4.69) is 10.6 Å². The summed E-state index contributed by atoms with van der Waals surface area (Å²) in [6.45, 7) is 1.31. The molecule has 3 N–H and O–H groups in total. The normalized spacial score (nSPS) is 17.0. The first-order valence-corrected chi connectivity index (χ1v) is 8.27. The van der Waals surface area contributed by atoms with Crippen LogP contribution in [0.15, 0.2) is 12.1 Å². The van der Waals surface area contributed by atoms with Crippen molar-refractivity contribution in [2.45, 2.75) is 25.3 Å². The van der Waals surface area contributed by atoms with Gasteiger partial charge in [0.2, 0.25) is 0 Å². The Kier molecular flexibility index (Phi) is 4.99. The number of halogens is 1. The highest BCUT2D eigenvalue weighted by Gasteiger charge is 2.37. The second kappa shape index (κ2) is 7.17. The van der Waals surface area contributed by atoms with Crippen LogP contribution in [0, 0.1) is 5.92 Å². The quantitative estimate of drug-likeness (QED) is 0.724. The van der Waals surface area contributed by atoms with Crippen LogP contribution in [0.4, 0.5) is 4.79 Å². The largest absolute Gasteiger partial charge is 0.486 e. The number of fused-ring (bicyclic) bond motifs is 1. The van der Waals surface area contributed by atoms with Gasteiger partial charge in [-0.15, -0.1) is 0 Å². The molecule has 1 aromatic rings. The molecule has 2 amide bonds. The summed E-state index contributed by atoms with van der Waals surface area (Å²) in [7, 11) is 0. The van der Waals surface area contributed by atoms with Crippen molar-refractivity contribution < 1.29 is 24.2 Å². The van der Waals surface area contributed by atoms with Crippen LogP contribution >= 0.6 is 11.6 Å². The summed E-state index contributed by atoms with van der Waals surface area (Å²) in [4.78, 5) is 22.9. The summed E-state index contributed by atoms with van der Waals surface area (Å²) >= 11 is 6.16. The summed E-state index contributed by atoms with van der Waals surface area (Å²) in [6, 6.07) is 2.33. The number of hydrogen-bond acceptors (Lipinski definition) is 4. The van der Waals surface area contributed by atoms with E-state index in [1.54, 1.807) is 6.07 Å². The molecule has 24 heavy (non-hydrogen) atoms. The molecule has 2 aliphatic rings. The minimum atomic E-state index is -0.994. The maximum Gasteiger partial charge on any atom is 0.326 e. The van der Waals surface area contributed by atoms with Gasteiger partial charge in [-0.25, -0.2) is 9.59 Å². The molecular weight excluding hydrogens is 336 g/mol. The molecule has 1 unspecified atom stereocenters. The lowest BCUT2D eigenvalue weighted by Crippen LogP contribution is -2.47. The van der Waals surface area contributed by atoms with Crippen molar-refractivity contribution in [1.29, 1.82) is 0 Å². The van der Waals surface area contributed by atoms with Crippen LogP contribution in [0.1, 0.15) is 18.4 Å². The maximum atomic E-state index is 11.8. The van der Waals surface area contributed by atoms with Crippen molar-refractivity contribution in [3.63, 3.8) is 0 Å². The molecule has 1 aliphatic carbocycles. The number of benzene rings is 1. The number of carbonyl (C=O) groups is 2. The Balaban J connectivity index is 1.50. The lowest BCUT2D eigenvalue weighted by molar-refractivity contribution is -0.139. The van der Waals surface area contributed by atoms with Crippen LogP contribution in [-0.4, -0.2) is 42.9 Å². The van der Waals surface area contributed by atoms with Gasteiger partial charge in [0.05, 0.1) is 5.02 Å². The first kappa shape index (κ1) is 16.7. The number of ether oxygens (including phenoxy) is 2. The Hall–Kier alpha value is -2.15. The molecule has 8 heteroatoms. The number of urea groups is 1. The predicted molar refractivity (Wildman–Crippen MR) is 86.8 cm³/mol. The van der Waals surface area contributed by atoms with E-state index in [0.29, 0.717) is 42.7 Å². The molecule has 7 nitrogen and oxygen atoms in total. The monoisotopic (exact) mass is 354 g/mol. The molecule has 1 atom stereocenters. The number of amides is 2. The summed E-state index contributed by atoms with van der Waals surface area (Å²) in [6.07, 6.45) is 2.23. The third-order valence-electron chi connectivity index (χ3n) is 4.00. The van der Waals surface area contributed by atoms with Crippen molar-refractivity contribution in [3.8, 4) is 11.5 Å². The number of carboxylic acid groups (broad SMARTS) is 1. The highest BCUT2D eigenvalue weighted by Crippen LogP contribution is 2.38. The molecule has 130 valence electrons. The van der Waals surface area contributed by atoms with E-state index in [4.69, 9.17) is 26.2 Å². The highest BCUT2D eigenvalue weighted by molar-refractivity contribution is 6.32. The number of carbonyl (C=O) groups excluding carboxylic acids is 1. The molecule has 0 radical (unpaired) electrons. The molecule has 1 aliphatic heterocycles. The van der Waals surface area contributed by atoms with Gasteiger partial charge in [0.25, 0.3) is 0 Å². The molecule has 0 bridgehead atoms.